The van der Waals surface area contributed by atoms with Gasteiger partial charge < -0.3 is 4.74 Å². The van der Waals surface area contributed by atoms with Crippen molar-refractivity contribution >= 4 is 43.5 Å². The van der Waals surface area contributed by atoms with Gasteiger partial charge in [0.25, 0.3) is 0 Å². The fourth-order valence-electron chi connectivity index (χ4n) is 0.647. The average Bonchev–Trinajstić information content (AvgIpc) is 1.99. The van der Waals surface area contributed by atoms with E-state index in [-0.39, 0.29) is 0 Å². The number of hydrogen-bond acceptors (Lipinski definition) is 1. The first-order valence-corrected chi connectivity index (χ1v) is 4.72. The molecule has 1 nitrogen and oxygen atoms in total. The van der Waals surface area contributed by atoms with Crippen molar-refractivity contribution in [2.24, 2.45) is 0 Å². The van der Waals surface area contributed by atoms with E-state index in [1.165, 1.54) is 0 Å². The second-order valence-corrected chi connectivity index (χ2v) is 3.82. The van der Waals surface area contributed by atoms with Crippen molar-refractivity contribution in [3.8, 4) is 5.75 Å². The van der Waals surface area contributed by atoms with Crippen LogP contribution in [0, 0.1) is 6.07 Å². The van der Waals surface area contributed by atoms with Crippen molar-refractivity contribution in [1.29, 1.82) is 0 Å². The van der Waals surface area contributed by atoms with E-state index in [1.54, 1.807) is 13.2 Å². The summed E-state index contributed by atoms with van der Waals surface area (Å²) in [6.07, 6.45) is 0. The zero-order valence-electron chi connectivity index (χ0n) is 5.62. The SMILES string of the molecule is COc1c(Br)c[c]c(Br)c1Cl. The van der Waals surface area contributed by atoms with Crippen molar-refractivity contribution in [2.75, 3.05) is 7.11 Å². The molecule has 0 spiro atoms. The third kappa shape index (κ3) is 1.89. The van der Waals surface area contributed by atoms with Gasteiger partial charge in [-0.2, -0.15) is 0 Å². The van der Waals surface area contributed by atoms with Crippen molar-refractivity contribution < 1.29 is 4.74 Å². The zero-order valence-corrected chi connectivity index (χ0v) is 9.55. The highest BCUT2D eigenvalue weighted by Gasteiger charge is 2.08. The lowest BCUT2D eigenvalue weighted by Gasteiger charge is -2.05. The molecule has 0 aliphatic heterocycles. The largest absolute Gasteiger partial charge is 0.494 e. The summed E-state index contributed by atoms with van der Waals surface area (Å²) >= 11 is 12.4. The van der Waals surface area contributed by atoms with Gasteiger partial charge in [-0.1, -0.05) is 11.6 Å². The second-order valence-electron chi connectivity index (χ2n) is 1.80. The molecule has 1 aromatic carbocycles. The summed E-state index contributed by atoms with van der Waals surface area (Å²) in [6.45, 7) is 0. The molecular weight excluding hydrogens is 295 g/mol. The van der Waals surface area contributed by atoms with Crippen LogP contribution in [0.3, 0.4) is 0 Å². The topological polar surface area (TPSA) is 9.23 Å². The monoisotopic (exact) mass is 297 g/mol. The molecule has 0 amide bonds. The maximum Gasteiger partial charge on any atom is 0.152 e. The van der Waals surface area contributed by atoms with E-state index >= 15 is 0 Å². The maximum absolute atomic E-state index is 5.87. The van der Waals surface area contributed by atoms with Crippen LogP contribution in [0.1, 0.15) is 0 Å². The third-order valence-electron chi connectivity index (χ3n) is 1.14. The van der Waals surface area contributed by atoms with Gasteiger partial charge in [-0.25, -0.2) is 0 Å². The molecular formula is C7H4Br2ClO. The normalized spacial score (nSPS) is 9.82. The summed E-state index contributed by atoms with van der Waals surface area (Å²) in [7, 11) is 1.57. The number of methoxy groups -OCH3 is 1. The van der Waals surface area contributed by atoms with Gasteiger partial charge in [0, 0.05) is 4.47 Å². The summed E-state index contributed by atoms with van der Waals surface area (Å²) in [5.74, 6) is 0.622. The van der Waals surface area contributed by atoms with Gasteiger partial charge in [-0.05, 0) is 44.0 Å². The molecule has 0 fully saturated rings. The summed E-state index contributed by atoms with van der Waals surface area (Å²) in [4.78, 5) is 0. The van der Waals surface area contributed by atoms with E-state index in [1.807, 2.05) is 0 Å². The minimum Gasteiger partial charge on any atom is -0.494 e. The van der Waals surface area contributed by atoms with Crippen LogP contribution < -0.4 is 4.74 Å². The molecule has 0 heterocycles. The van der Waals surface area contributed by atoms with Crippen LogP contribution in [0.5, 0.6) is 5.75 Å². The lowest BCUT2D eigenvalue weighted by atomic mass is 10.3. The summed E-state index contributed by atoms with van der Waals surface area (Å²) in [6, 6.07) is 4.65. The lowest BCUT2D eigenvalue weighted by molar-refractivity contribution is 0.412. The van der Waals surface area contributed by atoms with Crippen LogP contribution >= 0.6 is 43.5 Å². The Bertz CT molecular complexity index is 275. The summed E-state index contributed by atoms with van der Waals surface area (Å²) < 4.78 is 6.53. The van der Waals surface area contributed by atoms with Gasteiger partial charge in [0.1, 0.15) is 0 Å². The Hall–Kier alpha value is 0.270. The molecule has 0 saturated heterocycles. The zero-order chi connectivity index (χ0) is 8.43. The van der Waals surface area contributed by atoms with Crippen molar-refractivity contribution in [2.45, 2.75) is 0 Å². The molecule has 59 valence electrons. The number of halogens is 3. The molecule has 0 N–H and O–H groups in total. The van der Waals surface area contributed by atoms with Gasteiger partial charge in [-0.15, -0.1) is 0 Å². The highest BCUT2D eigenvalue weighted by atomic mass is 79.9. The van der Waals surface area contributed by atoms with Crippen LogP contribution in [0.25, 0.3) is 0 Å². The predicted octanol–water partition coefficient (Wildman–Crippen LogP) is 3.67. The standard InChI is InChI=1S/C7H4Br2ClO/c1-11-7-5(9)3-2-4(8)6(7)10/h3H,1H3. The summed E-state index contributed by atoms with van der Waals surface area (Å²) in [5.41, 5.74) is 0. The quantitative estimate of drug-likeness (QED) is 0.719. The number of benzene rings is 1. The molecule has 0 aliphatic carbocycles. The van der Waals surface area contributed by atoms with Crippen LogP contribution in [0.4, 0.5) is 0 Å². The van der Waals surface area contributed by atoms with Gasteiger partial charge in [0.2, 0.25) is 0 Å². The molecule has 1 rings (SSSR count). The Balaban J connectivity index is 3.29. The molecule has 4 heteroatoms. The van der Waals surface area contributed by atoms with Crippen molar-refractivity contribution in [3.63, 3.8) is 0 Å². The molecule has 0 atom stereocenters. The Kier molecular flexibility index (Phi) is 3.22. The Morgan fingerprint density at radius 3 is 2.64 bits per heavy atom. The van der Waals surface area contributed by atoms with E-state index in [9.17, 15) is 0 Å². The van der Waals surface area contributed by atoms with Crippen molar-refractivity contribution in [3.05, 3.63) is 26.1 Å². The van der Waals surface area contributed by atoms with Gasteiger partial charge in [0.15, 0.2) is 5.75 Å². The fraction of sp³-hybridized carbons (Fsp3) is 0.143. The van der Waals surface area contributed by atoms with Gasteiger partial charge >= 0.3 is 0 Å². The Labute approximate surface area is 86.9 Å². The maximum atomic E-state index is 5.87. The smallest absolute Gasteiger partial charge is 0.152 e. The van der Waals surface area contributed by atoms with Crippen LogP contribution in [0.15, 0.2) is 15.0 Å². The highest BCUT2D eigenvalue weighted by Crippen LogP contribution is 2.37. The molecule has 1 aromatic rings. The first-order chi connectivity index (χ1) is 5.16. The van der Waals surface area contributed by atoms with Crippen LogP contribution in [0.2, 0.25) is 5.02 Å². The lowest BCUT2D eigenvalue weighted by Crippen LogP contribution is -1.86. The number of ether oxygens (including phenoxy) is 1. The minimum atomic E-state index is 0.530. The molecule has 0 aliphatic rings. The third-order valence-corrected chi connectivity index (χ3v) is 2.94. The first kappa shape index (κ1) is 9.36. The predicted molar refractivity (Wildman–Crippen MR) is 52.2 cm³/mol. The molecule has 0 aromatic heterocycles. The van der Waals surface area contributed by atoms with Gasteiger partial charge in [0.05, 0.1) is 16.6 Å². The molecule has 0 unspecified atom stereocenters. The first-order valence-electron chi connectivity index (χ1n) is 2.76. The molecule has 1 radical (unpaired) electrons. The molecule has 0 bridgehead atoms. The minimum absolute atomic E-state index is 0.530. The highest BCUT2D eigenvalue weighted by molar-refractivity contribution is 9.11. The number of hydrogen-bond donors (Lipinski definition) is 0. The average molecular weight is 299 g/mol. The van der Waals surface area contributed by atoms with Gasteiger partial charge in [-0.3, -0.25) is 0 Å². The summed E-state index contributed by atoms with van der Waals surface area (Å²) in [5, 5.41) is 0.530. The van der Waals surface area contributed by atoms with E-state index in [0.29, 0.717) is 15.2 Å². The van der Waals surface area contributed by atoms with E-state index in [2.05, 4.69) is 37.9 Å². The fourth-order valence-corrected chi connectivity index (χ4v) is 1.76. The molecule has 0 saturated carbocycles. The van der Waals surface area contributed by atoms with E-state index in [0.717, 1.165) is 4.47 Å². The Morgan fingerprint density at radius 2 is 2.18 bits per heavy atom. The second kappa shape index (κ2) is 3.78. The Morgan fingerprint density at radius 1 is 1.55 bits per heavy atom. The number of rotatable bonds is 1. The van der Waals surface area contributed by atoms with Crippen molar-refractivity contribution in [1.82, 2.24) is 0 Å². The van der Waals surface area contributed by atoms with Crippen LogP contribution in [-0.4, -0.2) is 7.11 Å². The molecule has 11 heavy (non-hydrogen) atoms. The van der Waals surface area contributed by atoms with Crippen LogP contribution in [-0.2, 0) is 0 Å². The van der Waals surface area contributed by atoms with E-state index in [4.69, 9.17) is 16.3 Å². The van der Waals surface area contributed by atoms with E-state index < -0.39 is 0 Å².